The first-order valence-electron chi connectivity index (χ1n) is 5.66. The molecule has 0 radical (unpaired) electrons. The van der Waals surface area contributed by atoms with Gasteiger partial charge in [-0.05, 0) is 12.1 Å². The number of aromatic nitrogens is 2. The SMILES string of the molecule is CC(C)(C)c1nc(-c2ncccc2F)sc1C(=O)O. The van der Waals surface area contributed by atoms with Gasteiger partial charge < -0.3 is 5.11 Å². The van der Waals surface area contributed by atoms with Crippen molar-refractivity contribution in [2.45, 2.75) is 26.2 Å². The van der Waals surface area contributed by atoms with Crippen molar-refractivity contribution in [2.75, 3.05) is 0 Å². The quantitative estimate of drug-likeness (QED) is 0.916. The molecule has 0 spiro atoms. The van der Waals surface area contributed by atoms with Crippen LogP contribution >= 0.6 is 11.3 Å². The summed E-state index contributed by atoms with van der Waals surface area (Å²) in [6, 6.07) is 2.76. The number of carboxylic acids is 1. The van der Waals surface area contributed by atoms with E-state index in [0.29, 0.717) is 10.7 Å². The van der Waals surface area contributed by atoms with Crippen molar-refractivity contribution in [1.82, 2.24) is 9.97 Å². The second-order valence-corrected chi connectivity index (χ2v) is 6.08. The van der Waals surface area contributed by atoms with Crippen LogP contribution in [0.5, 0.6) is 0 Å². The van der Waals surface area contributed by atoms with Gasteiger partial charge in [-0.15, -0.1) is 11.3 Å². The Kier molecular flexibility index (Phi) is 3.36. The minimum absolute atomic E-state index is 0.0884. The lowest BCUT2D eigenvalue weighted by Gasteiger charge is -2.15. The second kappa shape index (κ2) is 4.70. The lowest BCUT2D eigenvalue weighted by atomic mass is 9.91. The van der Waals surface area contributed by atoms with E-state index in [1.165, 1.54) is 18.3 Å². The molecule has 2 aromatic rings. The predicted molar refractivity (Wildman–Crippen MR) is 71.0 cm³/mol. The van der Waals surface area contributed by atoms with Crippen LogP contribution < -0.4 is 0 Å². The van der Waals surface area contributed by atoms with Gasteiger partial charge in [0, 0.05) is 11.6 Å². The maximum atomic E-state index is 13.7. The molecule has 0 unspecified atom stereocenters. The third kappa shape index (κ3) is 2.63. The Morgan fingerprint density at radius 2 is 2.11 bits per heavy atom. The van der Waals surface area contributed by atoms with Crippen LogP contribution in [0, 0.1) is 5.82 Å². The van der Waals surface area contributed by atoms with Gasteiger partial charge in [0.1, 0.15) is 15.6 Å². The largest absolute Gasteiger partial charge is 0.477 e. The molecule has 0 aliphatic heterocycles. The number of hydrogen-bond acceptors (Lipinski definition) is 4. The average Bonchev–Trinajstić information content (AvgIpc) is 2.74. The van der Waals surface area contributed by atoms with E-state index in [4.69, 9.17) is 0 Å². The van der Waals surface area contributed by atoms with Crippen LogP contribution in [-0.4, -0.2) is 21.0 Å². The smallest absolute Gasteiger partial charge is 0.347 e. The Labute approximate surface area is 114 Å². The predicted octanol–water partition coefficient (Wildman–Crippen LogP) is 3.34. The van der Waals surface area contributed by atoms with Crippen molar-refractivity contribution in [2.24, 2.45) is 0 Å². The van der Waals surface area contributed by atoms with Crippen LogP contribution in [0.3, 0.4) is 0 Å². The summed E-state index contributed by atoms with van der Waals surface area (Å²) in [5, 5.41) is 9.51. The summed E-state index contributed by atoms with van der Waals surface area (Å²) in [5.41, 5.74) is 0.115. The topological polar surface area (TPSA) is 63.1 Å². The van der Waals surface area contributed by atoms with Gasteiger partial charge in [-0.3, -0.25) is 4.98 Å². The number of rotatable bonds is 2. The standard InChI is InChI=1S/C13H13FN2O2S/c1-13(2,3)10-9(12(17)18)19-11(16-10)8-7(14)5-4-6-15-8/h4-6H,1-3H3,(H,17,18). The Morgan fingerprint density at radius 1 is 1.42 bits per heavy atom. The first-order valence-corrected chi connectivity index (χ1v) is 6.48. The number of halogens is 1. The van der Waals surface area contributed by atoms with Gasteiger partial charge in [-0.2, -0.15) is 0 Å². The van der Waals surface area contributed by atoms with Crippen molar-refractivity contribution < 1.29 is 14.3 Å². The van der Waals surface area contributed by atoms with E-state index in [9.17, 15) is 14.3 Å². The highest BCUT2D eigenvalue weighted by Crippen LogP contribution is 2.34. The van der Waals surface area contributed by atoms with Crippen molar-refractivity contribution in [3.8, 4) is 10.7 Å². The summed E-state index contributed by atoms with van der Waals surface area (Å²) >= 11 is 0.949. The van der Waals surface area contributed by atoms with Gasteiger partial charge in [0.05, 0.1) is 5.69 Å². The Hall–Kier alpha value is -1.82. The van der Waals surface area contributed by atoms with Gasteiger partial charge in [0.15, 0.2) is 5.82 Å². The number of nitrogens with zero attached hydrogens (tertiary/aromatic N) is 2. The molecule has 19 heavy (non-hydrogen) atoms. The van der Waals surface area contributed by atoms with Gasteiger partial charge in [0.2, 0.25) is 0 Å². The van der Waals surface area contributed by atoms with Crippen LogP contribution in [0.2, 0.25) is 0 Å². The zero-order valence-electron chi connectivity index (χ0n) is 10.8. The third-order valence-corrected chi connectivity index (χ3v) is 3.54. The first kappa shape index (κ1) is 13.6. The second-order valence-electron chi connectivity index (χ2n) is 5.09. The van der Waals surface area contributed by atoms with Gasteiger partial charge in [-0.1, -0.05) is 20.8 Å². The Bertz CT molecular complexity index is 632. The van der Waals surface area contributed by atoms with E-state index in [2.05, 4.69) is 9.97 Å². The van der Waals surface area contributed by atoms with E-state index in [-0.39, 0.29) is 10.6 Å². The lowest BCUT2D eigenvalue weighted by Crippen LogP contribution is -2.16. The minimum atomic E-state index is -1.05. The minimum Gasteiger partial charge on any atom is -0.477 e. The molecule has 0 fully saturated rings. The molecular weight excluding hydrogens is 267 g/mol. The van der Waals surface area contributed by atoms with Gasteiger partial charge in [-0.25, -0.2) is 14.2 Å². The van der Waals surface area contributed by atoms with Crippen LogP contribution in [0.25, 0.3) is 10.7 Å². The molecule has 1 N–H and O–H groups in total. The normalized spacial score (nSPS) is 11.6. The molecule has 4 nitrogen and oxygen atoms in total. The fraction of sp³-hybridized carbons (Fsp3) is 0.308. The summed E-state index contributed by atoms with van der Waals surface area (Å²) < 4.78 is 13.7. The summed E-state index contributed by atoms with van der Waals surface area (Å²) in [5.74, 6) is -1.56. The van der Waals surface area contributed by atoms with E-state index >= 15 is 0 Å². The van der Waals surface area contributed by atoms with Crippen LogP contribution in [0.1, 0.15) is 36.1 Å². The molecule has 2 rings (SSSR count). The Balaban J connectivity index is 2.62. The summed E-state index contributed by atoms with van der Waals surface area (Å²) in [6.45, 7) is 5.60. The molecule has 6 heteroatoms. The van der Waals surface area contributed by atoms with Crippen molar-refractivity contribution in [3.63, 3.8) is 0 Å². The number of aromatic carboxylic acids is 1. The van der Waals surface area contributed by atoms with E-state index < -0.39 is 17.2 Å². The van der Waals surface area contributed by atoms with E-state index in [1.807, 2.05) is 20.8 Å². The van der Waals surface area contributed by atoms with Crippen LogP contribution in [0.15, 0.2) is 18.3 Å². The number of hydrogen-bond donors (Lipinski definition) is 1. The maximum absolute atomic E-state index is 13.7. The maximum Gasteiger partial charge on any atom is 0.347 e. The molecule has 2 heterocycles. The summed E-state index contributed by atoms with van der Waals surface area (Å²) in [7, 11) is 0. The summed E-state index contributed by atoms with van der Waals surface area (Å²) in [6.07, 6.45) is 1.46. The van der Waals surface area contributed by atoms with Gasteiger partial charge in [0.25, 0.3) is 0 Å². The zero-order chi connectivity index (χ0) is 14.2. The molecule has 0 atom stereocenters. The van der Waals surface area contributed by atoms with Crippen molar-refractivity contribution in [1.29, 1.82) is 0 Å². The third-order valence-electron chi connectivity index (χ3n) is 2.49. The number of carboxylic acid groups (broad SMARTS) is 1. The first-order chi connectivity index (χ1) is 8.80. The lowest BCUT2D eigenvalue weighted by molar-refractivity contribution is 0.0699. The highest BCUT2D eigenvalue weighted by Gasteiger charge is 2.28. The molecule has 0 aromatic carbocycles. The average molecular weight is 280 g/mol. The molecule has 0 saturated carbocycles. The molecule has 0 bridgehead atoms. The molecule has 2 aromatic heterocycles. The fourth-order valence-electron chi connectivity index (χ4n) is 1.62. The van der Waals surface area contributed by atoms with Crippen LogP contribution in [-0.2, 0) is 5.41 Å². The van der Waals surface area contributed by atoms with E-state index in [0.717, 1.165) is 11.3 Å². The van der Waals surface area contributed by atoms with Gasteiger partial charge >= 0.3 is 5.97 Å². The number of thiazole rings is 1. The molecule has 0 saturated heterocycles. The molecule has 100 valence electrons. The Morgan fingerprint density at radius 3 is 2.58 bits per heavy atom. The van der Waals surface area contributed by atoms with Crippen molar-refractivity contribution in [3.05, 3.63) is 34.7 Å². The fourth-order valence-corrected chi connectivity index (χ4v) is 2.73. The highest BCUT2D eigenvalue weighted by atomic mass is 32.1. The number of pyridine rings is 1. The molecule has 0 amide bonds. The number of carbonyl (C=O) groups is 1. The molecule has 0 aliphatic carbocycles. The van der Waals surface area contributed by atoms with Crippen molar-refractivity contribution >= 4 is 17.3 Å². The van der Waals surface area contributed by atoms with E-state index in [1.54, 1.807) is 0 Å². The monoisotopic (exact) mass is 280 g/mol. The summed E-state index contributed by atoms with van der Waals surface area (Å²) in [4.78, 5) is 19.6. The molecule has 0 aliphatic rings. The highest BCUT2D eigenvalue weighted by molar-refractivity contribution is 7.17. The zero-order valence-corrected chi connectivity index (χ0v) is 11.6. The van der Waals surface area contributed by atoms with Crippen LogP contribution in [0.4, 0.5) is 4.39 Å². The molecular formula is C13H13FN2O2S.